The van der Waals surface area contributed by atoms with Gasteiger partial charge in [0.15, 0.2) is 0 Å². The molecule has 19 heavy (non-hydrogen) atoms. The predicted molar refractivity (Wildman–Crippen MR) is 73.1 cm³/mol. The number of thiazole rings is 1. The average molecular weight is 285 g/mol. The zero-order valence-corrected chi connectivity index (χ0v) is 12.2. The predicted octanol–water partition coefficient (Wildman–Crippen LogP) is 0.668. The van der Waals surface area contributed by atoms with Crippen molar-refractivity contribution in [3.05, 3.63) is 16.1 Å². The van der Waals surface area contributed by atoms with E-state index in [2.05, 4.69) is 9.72 Å². The molecule has 0 bridgehead atoms. The van der Waals surface area contributed by atoms with Crippen molar-refractivity contribution in [1.82, 2.24) is 9.88 Å². The molecule has 0 fully saturated rings. The molecule has 0 spiro atoms. The van der Waals surface area contributed by atoms with Crippen molar-refractivity contribution in [1.29, 1.82) is 0 Å². The van der Waals surface area contributed by atoms with Crippen molar-refractivity contribution < 1.29 is 14.3 Å². The van der Waals surface area contributed by atoms with Crippen LogP contribution in [-0.2, 0) is 16.0 Å². The summed E-state index contributed by atoms with van der Waals surface area (Å²) in [4.78, 5) is 29.3. The normalized spacial score (nSPS) is 10.6. The first-order valence-electron chi connectivity index (χ1n) is 6.01. The summed E-state index contributed by atoms with van der Waals surface area (Å²) in [6.07, 6.45) is 0.649. The van der Waals surface area contributed by atoms with Gasteiger partial charge < -0.3 is 15.4 Å². The highest BCUT2D eigenvalue weighted by molar-refractivity contribution is 7.09. The minimum atomic E-state index is -0.445. The first-order valence-corrected chi connectivity index (χ1v) is 6.89. The Labute approximate surface area is 116 Å². The lowest BCUT2D eigenvalue weighted by atomic mass is 10.3. The van der Waals surface area contributed by atoms with Crippen LogP contribution in [0.4, 0.5) is 0 Å². The fourth-order valence-corrected chi connectivity index (χ4v) is 2.28. The molecule has 0 aliphatic rings. The number of ether oxygens (including phenoxy) is 1. The van der Waals surface area contributed by atoms with Crippen LogP contribution >= 0.6 is 11.3 Å². The van der Waals surface area contributed by atoms with Gasteiger partial charge in [-0.3, -0.25) is 9.59 Å². The van der Waals surface area contributed by atoms with E-state index in [1.165, 1.54) is 23.3 Å². The molecular formula is C12H19N3O3S. The van der Waals surface area contributed by atoms with Crippen LogP contribution in [0.15, 0.2) is 5.38 Å². The standard InChI is InChI=1S/C12H19N3O3S/c1-8(2)15(6-11(16)18-3)12(17)9-7-19-10(14-9)4-5-13/h7-8H,4-6,13H2,1-3H3. The maximum atomic E-state index is 12.3. The summed E-state index contributed by atoms with van der Waals surface area (Å²) < 4.78 is 4.59. The molecule has 106 valence electrons. The van der Waals surface area contributed by atoms with Gasteiger partial charge >= 0.3 is 5.97 Å². The molecule has 1 rings (SSSR count). The van der Waals surface area contributed by atoms with Crippen molar-refractivity contribution in [2.24, 2.45) is 5.73 Å². The lowest BCUT2D eigenvalue weighted by Crippen LogP contribution is -2.41. The number of methoxy groups -OCH3 is 1. The lowest BCUT2D eigenvalue weighted by Gasteiger charge is -2.24. The van der Waals surface area contributed by atoms with Crippen LogP contribution in [0.2, 0.25) is 0 Å². The summed E-state index contributed by atoms with van der Waals surface area (Å²) in [5, 5.41) is 2.52. The summed E-state index contributed by atoms with van der Waals surface area (Å²) in [5.74, 6) is -0.709. The zero-order chi connectivity index (χ0) is 14.4. The molecule has 1 aromatic heterocycles. The van der Waals surface area contributed by atoms with Crippen LogP contribution in [0.3, 0.4) is 0 Å². The molecule has 1 aromatic rings. The quantitative estimate of drug-likeness (QED) is 0.776. The van der Waals surface area contributed by atoms with E-state index in [1.54, 1.807) is 5.38 Å². The largest absolute Gasteiger partial charge is 0.468 e. The number of hydrogen-bond acceptors (Lipinski definition) is 6. The number of esters is 1. The Bertz CT molecular complexity index is 445. The fraction of sp³-hybridized carbons (Fsp3) is 0.583. The number of amides is 1. The van der Waals surface area contributed by atoms with Gasteiger partial charge in [-0.1, -0.05) is 0 Å². The molecule has 0 aliphatic carbocycles. The molecule has 0 radical (unpaired) electrons. The first-order chi connectivity index (χ1) is 8.99. The molecule has 1 amide bonds. The summed E-state index contributed by atoms with van der Waals surface area (Å²) in [6, 6.07) is -0.105. The van der Waals surface area contributed by atoms with E-state index < -0.39 is 5.97 Å². The van der Waals surface area contributed by atoms with Crippen LogP contribution in [0.1, 0.15) is 29.3 Å². The van der Waals surface area contributed by atoms with Gasteiger partial charge in [0.05, 0.1) is 12.1 Å². The van der Waals surface area contributed by atoms with E-state index in [4.69, 9.17) is 5.73 Å². The molecule has 1 heterocycles. The highest BCUT2D eigenvalue weighted by Gasteiger charge is 2.23. The third kappa shape index (κ3) is 4.29. The highest BCUT2D eigenvalue weighted by atomic mass is 32.1. The SMILES string of the molecule is COC(=O)CN(C(=O)c1csc(CCN)n1)C(C)C. The second kappa shape index (κ2) is 7.20. The number of carbonyl (C=O) groups is 2. The Morgan fingerprint density at radius 1 is 1.53 bits per heavy atom. The van der Waals surface area contributed by atoms with Gasteiger partial charge in [0.1, 0.15) is 12.2 Å². The van der Waals surface area contributed by atoms with Crippen molar-refractivity contribution in [3.63, 3.8) is 0 Å². The number of rotatable bonds is 6. The van der Waals surface area contributed by atoms with Crippen LogP contribution in [0, 0.1) is 0 Å². The van der Waals surface area contributed by atoms with Gasteiger partial charge in [-0.15, -0.1) is 11.3 Å². The Morgan fingerprint density at radius 3 is 2.74 bits per heavy atom. The van der Waals surface area contributed by atoms with Crippen LogP contribution in [0.5, 0.6) is 0 Å². The van der Waals surface area contributed by atoms with E-state index >= 15 is 0 Å². The maximum absolute atomic E-state index is 12.3. The van der Waals surface area contributed by atoms with Crippen LogP contribution in [0.25, 0.3) is 0 Å². The van der Waals surface area contributed by atoms with Crippen LogP contribution < -0.4 is 5.73 Å². The molecule has 0 aromatic carbocycles. The number of hydrogen-bond donors (Lipinski definition) is 1. The topological polar surface area (TPSA) is 85.5 Å². The highest BCUT2D eigenvalue weighted by Crippen LogP contribution is 2.14. The van der Waals surface area contributed by atoms with Gasteiger partial charge in [-0.05, 0) is 20.4 Å². The molecule has 0 saturated carbocycles. The smallest absolute Gasteiger partial charge is 0.325 e. The Balaban J connectivity index is 2.83. The van der Waals surface area contributed by atoms with Crippen molar-refractivity contribution >= 4 is 23.2 Å². The number of nitrogens with zero attached hydrogens (tertiary/aromatic N) is 2. The molecule has 2 N–H and O–H groups in total. The summed E-state index contributed by atoms with van der Waals surface area (Å²) in [7, 11) is 1.30. The lowest BCUT2D eigenvalue weighted by molar-refractivity contribution is -0.141. The Hall–Kier alpha value is -1.47. The van der Waals surface area contributed by atoms with Crippen molar-refractivity contribution in [2.75, 3.05) is 20.2 Å². The van der Waals surface area contributed by atoms with Crippen LogP contribution in [-0.4, -0.2) is 48.0 Å². The minimum Gasteiger partial charge on any atom is -0.468 e. The van der Waals surface area contributed by atoms with Gasteiger partial charge in [0, 0.05) is 17.8 Å². The molecule has 0 saturated heterocycles. The average Bonchev–Trinajstić information content (AvgIpc) is 2.83. The fourth-order valence-electron chi connectivity index (χ4n) is 1.49. The Kier molecular flexibility index (Phi) is 5.91. The minimum absolute atomic E-state index is 0.0727. The molecule has 0 aliphatic heterocycles. The number of nitrogens with two attached hydrogens (primary N) is 1. The second-order valence-electron chi connectivity index (χ2n) is 4.27. The summed E-state index contributed by atoms with van der Waals surface area (Å²) in [5.41, 5.74) is 5.80. The molecule has 6 nitrogen and oxygen atoms in total. The second-order valence-corrected chi connectivity index (χ2v) is 5.21. The van der Waals surface area contributed by atoms with Gasteiger partial charge in [0.25, 0.3) is 5.91 Å². The van der Waals surface area contributed by atoms with E-state index in [0.29, 0.717) is 18.7 Å². The molecular weight excluding hydrogens is 266 g/mol. The van der Waals surface area contributed by atoms with Crippen molar-refractivity contribution in [2.45, 2.75) is 26.3 Å². The monoisotopic (exact) mass is 285 g/mol. The maximum Gasteiger partial charge on any atom is 0.325 e. The van der Waals surface area contributed by atoms with E-state index in [-0.39, 0.29) is 18.5 Å². The summed E-state index contributed by atoms with van der Waals surface area (Å²) in [6.45, 7) is 4.11. The van der Waals surface area contributed by atoms with Gasteiger partial charge in [-0.25, -0.2) is 4.98 Å². The van der Waals surface area contributed by atoms with Crippen molar-refractivity contribution in [3.8, 4) is 0 Å². The first kappa shape index (κ1) is 15.6. The third-order valence-corrected chi connectivity index (χ3v) is 3.45. The molecule has 7 heteroatoms. The van der Waals surface area contributed by atoms with E-state index in [9.17, 15) is 9.59 Å². The molecule has 0 unspecified atom stereocenters. The Morgan fingerprint density at radius 2 is 2.21 bits per heavy atom. The van der Waals surface area contributed by atoms with Gasteiger partial charge in [0.2, 0.25) is 0 Å². The zero-order valence-electron chi connectivity index (χ0n) is 11.4. The number of carbonyl (C=O) groups excluding carboxylic acids is 2. The number of aromatic nitrogens is 1. The van der Waals surface area contributed by atoms with E-state index in [1.807, 2.05) is 13.8 Å². The van der Waals surface area contributed by atoms with E-state index in [0.717, 1.165) is 5.01 Å². The third-order valence-electron chi connectivity index (χ3n) is 2.54. The molecule has 0 atom stereocenters. The van der Waals surface area contributed by atoms with Gasteiger partial charge in [-0.2, -0.15) is 0 Å². The summed E-state index contributed by atoms with van der Waals surface area (Å²) >= 11 is 1.40.